The zero-order chi connectivity index (χ0) is 51.4. The van der Waals surface area contributed by atoms with Gasteiger partial charge in [-0.25, -0.2) is 0 Å². The number of hydrogen-bond acceptors (Lipinski definition) is 6. The zero-order valence-corrected chi connectivity index (χ0v) is 47.0. The minimum atomic E-state index is -0.789. The summed E-state index contributed by atoms with van der Waals surface area (Å²) in [6.45, 7) is 6.59. The van der Waals surface area contributed by atoms with Gasteiger partial charge in [-0.2, -0.15) is 0 Å². The maximum absolute atomic E-state index is 12.9. The Morgan fingerprint density at radius 3 is 0.831 bits per heavy atom. The van der Waals surface area contributed by atoms with Crippen molar-refractivity contribution < 1.29 is 28.6 Å². The Hall–Kier alpha value is -3.15. The third-order valence-electron chi connectivity index (χ3n) is 13.3. The topological polar surface area (TPSA) is 78.9 Å². The lowest BCUT2D eigenvalue weighted by molar-refractivity contribution is -0.167. The molecule has 0 aromatic carbocycles. The SMILES string of the molecule is CCCCC\C=C/C=C\C=C/C=C\CCCCCCCC(=O)OC(COC(=O)CCCCCCCCCCCC/C=C\C=C/CCCCC)COC(=O)CCCCCCCCCCCCCCCCCC. The molecule has 0 aromatic heterocycles. The third kappa shape index (κ3) is 57.6. The van der Waals surface area contributed by atoms with Gasteiger partial charge in [-0.1, -0.05) is 286 Å². The van der Waals surface area contributed by atoms with Crippen LogP contribution in [0, 0.1) is 0 Å². The summed E-state index contributed by atoms with van der Waals surface area (Å²) >= 11 is 0. The fourth-order valence-corrected chi connectivity index (χ4v) is 8.68. The first kappa shape index (κ1) is 67.8. The predicted molar refractivity (Wildman–Crippen MR) is 307 cm³/mol. The minimum absolute atomic E-state index is 0.0836. The molecule has 1 unspecified atom stereocenters. The van der Waals surface area contributed by atoms with E-state index in [1.807, 2.05) is 0 Å². The second-order valence-corrected chi connectivity index (χ2v) is 20.4. The number of esters is 3. The maximum Gasteiger partial charge on any atom is 0.306 e. The zero-order valence-electron chi connectivity index (χ0n) is 47.0. The molecule has 0 aliphatic carbocycles. The van der Waals surface area contributed by atoms with E-state index in [-0.39, 0.29) is 31.1 Å². The van der Waals surface area contributed by atoms with Crippen LogP contribution in [-0.2, 0) is 28.6 Å². The summed E-state index contributed by atoms with van der Waals surface area (Å²) in [5.41, 5.74) is 0. The van der Waals surface area contributed by atoms with Crippen molar-refractivity contribution >= 4 is 17.9 Å². The quantitative estimate of drug-likeness (QED) is 0.0261. The highest BCUT2D eigenvalue weighted by Crippen LogP contribution is 2.16. The van der Waals surface area contributed by atoms with E-state index in [0.717, 1.165) is 83.5 Å². The fraction of sp³-hybridized carbons (Fsp3) is 0.769. The Balaban J connectivity index is 4.41. The first-order valence-electron chi connectivity index (χ1n) is 30.5. The number of carbonyl (C=O) groups is 3. The summed E-state index contributed by atoms with van der Waals surface area (Å²) < 4.78 is 16.9. The Kier molecular flexibility index (Phi) is 56.8. The molecule has 0 saturated carbocycles. The van der Waals surface area contributed by atoms with Gasteiger partial charge < -0.3 is 14.2 Å². The van der Waals surface area contributed by atoms with Crippen LogP contribution in [-0.4, -0.2) is 37.2 Å². The Morgan fingerprint density at radius 2 is 0.507 bits per heavy atom. The summed E-state index contributed by atoms with van der Waals surface area (Å²) in [4.78, 5) is 38.3. The highest BCUT2D eigenvalue weighted by Gasteiger charge is 2.19. The number of hydrogen-bond donors (Lipinski definition) is 0. The highest BCUT2D eigenvalue weighted by molar-refractivity contribution is 5.71. The molecular formula is C65H114O6. The normalized spacial score (nSPS) is 12.5. The van der Waals surface area contributed by atoms with E-state index in [2.05, 4.69) is 93.7 Å². The van der Waals surface area contributed by atoms with E-state index in [1.165, 1.54) is 180 Å². The van der Waals surface area contributed by atoms with Gasteiger partial charge in [0, 0.05) is 19.3 Å². The van der Waals surface area contributed by atoms with Crippen molar-refractivity contribution in [2.45, 2.75) is 309 Å². The van der Waals surface area contributed by atoms with Crippen molar-refractivity contribution in [2.24, 2.45) is 0 Å². The number of unbranched alkanes of at least 4 members (excludes halogenated alkanes) is 36. The van der Waals surface area contributed by atoms with Gasteiger partial charge in [-0.15, -0.1) is 0 Å². The molecule has 0 N–H and O–H groups in total. The molecule has 0 spiro atoms. The molecular weight excluding hydrogens is 877 g/mol. The first-order valence-corrected chi connectivity index (χ1v) is 30.5. The lowest BCUT2D eigenvalue weighted by atomic mass is 10.0. The molecule has 0 saturated heterocycles. The molecule has 1 atom stereocenters. The van der Waals surface area contributed by atoms with E-state index >= 15 is 0 Å². The number of allylic oxidation sites excluding steroid dienone is 12. The van der Waals surface area contributed by atoms with E-state index in [1.54, 1.807) is 0 Å². The molecule has 0 heterocycles. The van der Waals surface area contributed by atoms with Gasteiger partial charge in [-0.05, 0) is 70.6 Å². The molecule has 6 heteroatoms. The van der Waals surface area contributed by atoms with Gasteiger partial charge in [0.05, 0.1) is 0 Å². The number of ether oxygens (including phenoxy) is 3. The largest absolute Gasteiger partial charge is 0.462 e. The molecule has 0 fully saturated rings. The molecule has 0 bridgehead atoms. The molecule has 6 nitrogen and oxygen atoms in total. The Bertz CT molecular complexity index is 1320. The van der Waals surface area contributed by atoms with Crippen molar-refractivity contribution in [1.29, 1.82) is 0 Å². The molecule has 0 rings (SSSR count). The van der Waals surface area contributed by atoms with Gasteiger partial charge in [0.15, 0.2) is 6.10 Å². The third-order valence-corrected chi connectivity index (χ3v) is 13.3. The molecule has 0 radical (unpaired) electrons. The monoisotopic (exact) mass is 991 g/mol. The lowest BCUT2D eigenvalue weighted by Gasteiger charge is -2.18. The van der Waals surface area contributed by atoms with Gasteiger partial charge in [0.25, 0.3) is 0 Å². The molecule has 71 heavy (non-hydrogen) atoms. The molecule has 0 aromatic rings. The van der Waals surface area contributed by atoms with Crippen molar-refractivity contribution in [3.63, 3.8) is 0 Å². The van der Waals surface area contributed by atoms with Crippen LogP contribution < -0.4 is 0 Å². The van der Waals surface area contributed by atoms with Crippen LogP contribution in [0.25, 0.3) is 0 Å². The van der Waals surface area contributed by atoms with Crippen LogP contribution in [0.3, 0.4) is 0 Å². The molecule has 0 amide bonds. The van der Waals surface area contributed by atoms with Gasteiger partial charge in [-0.3, -0.25) is 14.4 Å². The van der Waals surface area contributed by atoms with Crippen LogP contribution in [0.2, 0.25) is 0 Å². The summed E-state index contributed by atoms with van der Waals surface area (Å²) in [6.07, 6.45) is 76.0. The highest BCUT2D eigenvalue weighted by atomic mass is 16.6. The summed E-state index contributed by atoms with van der Waals surface area (Å²) in [5.74, 6) is -0.896. The van der Waals surface area contributed by atoms with Crippen LogP contribution in [0.4, 0.5) is 0 Å². The summed E-state index contributed by atoms with van der Waals surface area (Å²) in [5, 5.41) is 0. The standard InChI is InChI=1S/C65H114O6/c1-4-7-10-13-16-19-22-25-28-31-33-35-37-40-43-46-49-52-55-58-64(67)70-61-62(60-69-63(66)57-54-51-48-45-42-39-36-30-27-24-21-18-15-12-9-6-3)71-65(68)59-56-53-50-47-44-41-38-34-32-29-26-23-20-17-14-11-8-5-2/h16-17,19-20,22-23,25-26,29,32,34,38,62H,4-15,18,21,24,27-28,30-31,33,35-37,39-61H2,1-3H3/b19-16-,20-17-,25-22-,26-23-,32-29-,38-34-. The first-order chi connectivity index (χ1) is 35.0. The van der Waals surface area contributed by atoms with Gasteiger partial charge in [0.2, 0.25) is 0 Å². The van der Waals surface area contributed by atoms with Crippen molar-refractivity contribution in [3.8, 4) is 0 Å². The minimum Gasteiger partial charge on any atom is -0.462 e. The summed E-state index contributed by atoms with van der Waals surface area (Å²) in [7, 11) is 0. The number of rotatable bonds is 55. The second kappa shape index (κ2) is 59.4. The molecule has 410 valence electrons. The Morgan fingerprint density at radius 1 is 0.282 bits per heavy atom. The lowest BCUT2D eigenvalue weighted by Crippen LogP contribution is -2.30. The van der Waals surface area contributed by atoms with Crippen LogP contribution in [0.1, 0.15) is 303 Å². The van der Waals surface area contributed by atoms with E-state index in [9.17, 15) is 14.4 Å². The van der Waals surface area contributed by atoms with Gasteiger partial charge in [0.1, 0.15) is 13.2 Å². The summed E-state index contributed by atoms with van der Waals surface area (Å²) in [6, 6.07) is 0. The number of carbonyl (C=O) groups excluding carboxylic acids is 3. The van der Waals surface area contributed by atoms with E-state index < -0.39 is 6.10 Å². The van der Waals surface area contributed by atoms with Crippen LogP contribution in [0.5, 0.6) is 0 Å². The second-order valence-electron chi connectivity index (χ2n) is 20.4. The molecule has 0 aliphatic rings. The maximum atomic E-state index is 12.9. The average Bonchev–Trinajstić information content (AvgIpc) is 3.37. The molecule has 0 aliphatic heterocycles. The fourth-order valence-electron chi connectivity index (χ4n) is 8.68. The average molecular weight is 992 g/mol. The van der Waals surface area contributed by atoms with Crippen LogP contribution in [0.15, 0.2) is 72.9 Å². The van der Waals surface area contributed by atoms with Crippen molar-refractivity contribution in [1.82, 2.24) is 0 Å². The Labute approximate surface area is 440 Å². The predicted octanol–water partition coefficient (Wildman–Crippen LogP) is 20.5. The van der Waals surface area contributed by atoms with Gasteiger partial charge >= 0.3 is 17.9 Å². The van der Waals surface area contributed by atoms with E-state index in [4.69, 9.17) is 14.2 Å². The van der Waals surface area contributed by atoms with Crippen molar-refractivity contribution in [2.75, 3.05) is 13.2 Å². The van der Waals surface area contributed by atoms with Crippen LogP contribution >= 0.6 is 0 Å². The van der Waals surface area contributed by atoms with Crippen molar-refractivity contribution in [3.05, 3.63) is 72.9 Å². The smallest absolute Gasteiger partial charge is 0.306 e. The van der Waals surface area contributed by atoms with E-state index in [0.29, 0.717) is 19.3 Å².